The number of ether oxygens (including phenoxy) is 1. The fourth-order valence-corrected chi connectivity index (χ4v) is 4.37. The molecule has 3 heteroatoms. The number of carbonyl (C=O) groups is 1. The lowest BCUT2D eigenvalue weighted by Gasteiger charge is -2.51. The van der Waals surface area contributed by atoms with Crippen LogP contribution in [0.5, 0.6) is 0 Å². The number of carbonyl (C=O) groups excluding carboxylic acids is 1. The van der Waals surface area contributed by atoms with Gasteiger partial charge in [-0.15, -0.1) is 0 Å². The van der Waals surface area contributed by atoms with Crippen LogP contribution in [0.1, 0.15) is 40.0 Å². The average molecular weight is 250 g/mol. The predicted octanol–water partition coefficient (Wildman–Crippen LogP) is 2.29. The van der Waals surface area contributed by atoms with Gasteiger partial charge >= 0.3 is 5.97 Å². The van der Waals surface area contributed by atoms with Crippen molar-refractivity contribution in [2.45, 2.75) is 52.2 Å². The van der Waals surface area contributed by atoms with Gasteiger partial charge in [0.1, 0.15) is 6.10 Å². The molecule has 3 aliphatic rings. The average Bonchev–Trinajstić information content (AvgIpc) is 2.60. The Morgan fingerprint density at radius 2 is 2.22 bits per heavy atom. The summed E-state index contributed by atoms with van der Waals surface area (Å²) in [6.45, 7) is 6.26. The molecule has 0 aromatic heterocycles. The first kappa shape index (κ1) is 12.2. The molecule has 1 heterocycles. The Labute approximate surface area is 108 Å². The van der Waals surface area contributed by atoms with Crippen LogP contribution in [-0.2, 0) is 9.53 Å². The number of esters is 1. The van der Waals surface area contributed by atoms with Gasteiger partial charge in [0.2, 0.25) is 0 Å². The van der Waals surface area contributed by atoms with E-state index >= 15 is 0 Å². The summed E-state index contributed by atoms with van der Waals surface area (Å²) in [6, 6.07) is 0. The van der Waals surface area contributed by atoms with Gasteiger partial charge in [0.25, 0.3) is 0 Å². The third-order valence-corrected chi connectivity index (χ3v) is 5.66. The van der Waals surface area contributed by atoms with E-state index in [0.717, 1.165) is 19.3 Å². The Balaban J connectivity index is 2.00. The van der Waals surface area contributed by atoms with Gasteiger partial charge < -0.3 is 9.84 Å². The van der Waals surface area contributed by atoms with E-state index < -0.39 is 0 Å². The highest BCUT2D eigenvalue weighted by molar-refractivity contribution is 5.75. The summed E-state index contributed by atoms with van der Waals surface area (Å²) in [5.41, 5.74) is 1.17. The summed E-state index contributed by atoms with van der Waals surface area (Å²) in [5.74, 6) is 0.506. The van der Waals surface area contributed by atoms with Gasteiger partial charge in [-0.25, -0.2) is 0 Å². The summed E-state index contributed by atoms with van der Waals surface area (Å²) < 4.78 is 5.64. The van der Waals surface area contributed by atoms with Crippen LogP contribution in [0.3, 0.4) is 0 Å². The Hall–Kier alpha value is -0.830. The lowest BCUT2D eigenvalue weighted by atomic mass is 9.55. The van der Waals surface area contributed by atoms with Crippen LogP contribution in [0, 0.1) is 23.2 Å². The fraction of sp³-hybridized carbons (Fsp3) is 0.800. The maximum absolute atomic E-state index is 11.8. The number of aliphatic hydroxyl groups excluding tert-OH is 1. The topological polar surface area (TPSA) is 46.5 Å². The minimum Gasteiger partial charge on any atom is -0.461 e. The molecule has 1 aliphatic heterocycles. The van der Waals surface area contributed by atoms with Crippen LogP contribution in [0.25, 0.3) is 0 Å². The zero-order valence-electron chi connectivity index (χ0n) is 11.3. The van der Waals surface area contributed by atoms with E-state index in [9.17, 15) is 9.90 Å². The summed E-state index contributed by atoms with van der Waals surface area (Å²) in [4.78, 5) is 11.8. The number of aliphatic hydroxyl groups is 1. The van der Waals surface area contributed by atoms with E-state index in [1.165, 1.54) is 5.57 Å². The highest BCUT2D eigenvalue weighted by Gasteiger charge is 2.58. The quantitative estimate of drug-likeness (QED) is 0.530. The van der Waals surface area contributed by atoms with Crippen molar-refractivity contribution in [3.63, 3.8) is 0 Å². The first-order valence-electron chi connectivity index (χ1n) is 7.00. The minimum atomic E-state index is -0.304. The second-order valence-corrected chi connectivity index (χ2v) is 6.58. The maximum atomic E-state index is 11.8. The van der Waals surface area contributed by atoms with Crippen molar-refractivity contribution >= 4 is 5.97 Å². The molecule has 6 atom stereocenters. The first-order valence-corrected chi connectivity index (χ1v) is 7.00. The van der Waals surface area contributed by atoms with Crippen LogP contribution < -0.4 is 0 Å². The van der Waals surface area contributed by atoms with E-state index in [-0.39, 0.29) is 35.4 Å². The van der Waals surface area contributed by atoms with Crippen LogP contribution >= 0.6 is 0 Å². The smallest absolute Gasteiger partial charge is 0.309 e. The molecular formula is C15H22O3. The molecule has 3 rings (SSSR count). The molecule has 100 valence electrons. The largest absolute Gasteiger partial charge is 0.461 e. The van der Waals surface area contributed by atoms with Gasteiger partial charge in [-0.1, -0.05) is 25.5 Å². The molecule has 1 saturated heterocycles. The third-order valence-electron chi connectivity index (χ3n) is 5.66. The Kier molecular flexibility index (Phi) is 2.60. The number of fused-ring (bicyclic) bond motifs is 3. The van der Waals surface area contributed by atoms with Crippen LogP contribution in [-0.4, -0.2) is 23.3 Å². The molecule has 0 unspecified atom stereocenters. The van der Waals surface area contributed by atoms with E-state index in [0.29, 0.717) is 5.92 Å². The number of hydrogen-bond donors (Lipinski definition) is 1. The molecule has 0 amide bonds. The predicted molar refractivity (Wildman–Crippen MR) is 67.7 cm³/mol. The highest BCUT2D eigenvalue weighted by Crippen LogP contribution is 2.56. The van der Waals surface area contributed by atoms with E-state index in [1.54, 1.807) is 0 Å². The fourth-order valence-electron chi connectivity index (χ4n) is 4.37. The van der Waals surface area contributed by atoms with Crippen molar-refractivity contribution in [1.29, 1.82) is 0 Å². The second kappa shape index (κ2) is 3.83. The standard InChI is InChI=1S/C15H22O3/c1-8-4-5-11(16)15(3)7-6-10-9(2)14(17)18-13(10)12(8)15/h4,9-13,16H,5-7H2,1-3H3/t9-,10-,11-,12+,13-,15-/m0/s1. The molecule has 0 spiro atoms. The molecule has 0 bridgehead atoms. The van der Waals surface area contributed by atoms with Crippen molar-refractivity contribution in [2.24, 2.45) is 23.2 Å². The Morgan fingerprint density at radius 1 is 1.50 bits per heavy atom. The van der Waals surface area contributed by atoms with Crippen molar-refractivity contribution < 1.29 is 14.6 Å². The maximum Gasteiger partial charge on any atom is 0.309 e. The van der Waals surface area contributed by atoms with Crippen LogP contribution in [0.4, 0.5) is 0 Å². The van der Waals surface area contributed by atoms with Gasteiger partial charge in [-0.3, -0.25) is 4.79 Å². The number of hydrogen-bond acceptors (Lipinski definition) is 3. The summed E-state index contributed by atoms with van der Waals surface area (Å²) in [6.07, 6.45) is 4.52. The summed E-state index contributed by atoms with van der Waals surface area (Å²) in [7, 11) is 0. The van der Waals surface area contributed by atoms with Crippen LogP contribution in [0.2, 0.25) is 0 Å². The van der Waals surface area contributed by atoms with E-state index in [2.05, 4.69) is 19.9 Å². The van der Waals surface area contributed by atoms with Crippen molar-refractivity contribution in [2.75, 3.05) is 0 Å². The van der Waals surface area contributed by atoms with E-state index in [4.69, 9.17) is 4.74 Å². The second-order valence-electron chi connectivity index (χ2n) is 6.58. The molecule has 0 aromatic carbocycles. The normalized spacial score (nSPS) is 51.2. The summed E-state index contributed by atoms with van der Waals surface area (Å²) in [5, 5.41) is 10.3. The van der Waals surface area contributed by atoms with Crippen molar-refractivity contribution in [3.05, 3.63) is 11.6 Å². The van der Waals surface area contributed by atoms with Crippen molar-refractivity contribution in [1.82, 2.24) is 0 Å². The number of rotatable bonds is 0. The molecule has 18 heavy (non-hydrogen) atoms. The molecule has 0 aromatic rings. The summed E-state index contributed by atoms with van der Waals surface area (Å²) >= 11 is 0. The molecular weight excluding hydrogens is 228 g/mol. The monoisotopic (exact) mass is 250 g/mol. The first-order chi connectivity index (χ1) is 8.45. The molecule has 0 radical (unpaired) electrons. The zero-order valence-corrected chi connectivity index (χ0v) is 11.3. The van der Waals surface area contributed by atoms with Gasteiger partial charge in [-0.2, -0.15) is 0 Å². The third kappa shape index (κ3) is 1.43. The SMILES string of the molecule is CC1=CC[C@H](O)[C@]2(C)CC[C@@H]3[C@H](OC(=O)[C@H]3C)[C@@H]12. The molecule has 2 aliphatic carbocycles. The van der Waals surface area contributed by atoms with Crippen molar-refractivity contribution in [3.8, 4) is 0 Å². The minimum absolute atomic E-state index is 0.0163. The Morgan fingerprint density at radius 3 is 2.94 bits per heavy atom. The molecule has 2 fully saturated rings. The van der Waals surface area contributed by atoms with Gasteiger partial charge in [-0.05, 0) is 26.2 Å². The van der Waals surface area contributed by atoms with Gasteiger partial charge in [0.15, 0.2) is 0 Å². The van der Waals surface area contributed by atoms with Crippen LogP contribution in [0.15, 0.2) is 11.6 Å². The Bertz CT molecular complexity index is 414. The lowest BCUT2D eigenvalue weighted by Crippen LogP contribution is -2.52. The van der Waals surface area contributed by atoms with Gasteiger partial charge in [0, 0.05) is 17.3 Å². The zero-order chi connectivity index (χ0) is 13.1. The highest BCUT2D eigenvalue weighted by atomic mass is 16.6. The van der Waals surface area contributed by atoms with E-state index in [1.807, 2.05) is 6.92 Å². The van der Waals surface area contributed by atoms with Gasteiger partial charge in [0.05, 0.1) is 12.0 Å². The lowest BCUT2D eigenvalue weighted by molar-refractivity contribution is -0.151. The molecule has 1 saturated carbocycles. The molecule has 3 nitrogen and oxygen atoms in total. The molecule has 1 N–H and O–H groups in total.